The van der Waals surface area contributed by atoms with Crippen molar-refractivity contribution < 1.29 is 14.2 Å². The summed E-state index contributed by atoms with van der Waals surface area (Å²) in [7, 11) is 7.10. The maximum atomic E-state index is 5.71. The Hall–Kier alpha value is -5.57. The number of rotatable bonds is 11. The fourth-order valence-corrected chi connectivity index (χ4v) is 8.56. The summed E-state index contributed by atoms with van der Waals surface area (Å²) in [6.07, 6.45) is -0.455. The van der Waals surface area contributed by atoms with Crippen molar-refractivity contribution in [2.75, 3.05) is 21.3 Å². The van der Waals surface area contributed by atoms with Gasteiger partial charge in [-0.05, 0) is 33.0 Å². The number of hydrogen-bond donors (Lipinski definition) is 0. The van der Waals surface area contributed by atoms with Crippen LogP contribution in [0.4, 0.5) is 0 Å². The summed E-state index contributed by atoms with van der Waals surface area (Å²) in [4.78, 5) is 0. The second-order valence-electron chi connectivity index (χ2n) is 13.0. The van der Waals surface area contributed by atoms with Crippen LogP contribution in [0, 0.1) is 0 Å². The van der Waals surface area contributed by atoms with Gasteiger partial charge in [0.25, 0.3) is 0 Å². The van der Waals surface area contributed by atoms with Gasteiger partial charge in [-0.15, -0.1) is 0 Å². The third-order valence-electron chi connectivity index (χ3n) is 10.1. The van der Waals surface area contributed by atoms with E-state index in [-0.39, 0.29) is 5.16 Å². The second-order valence-corrected chi connectivity index (χ2v) is 14.2. The van der Waals surface area contributed by atoms with Crippen molar-refractivity contribution in [1.82, 2.24) is 0 Å². The molecule has 0 aliphatic heterocycles. The quantitative estimate of drug-likeness (QED) is 0.102. The first-order valence-electron chi connectivity index (χ1n) is 17.7. The second kappa shape index (κ2) is 17.1. The first kappa shape index (κ1) is 36.2. The molecule has 7 rings (SSSR count). The van der Waals surface area contributed by atoms with Gasteiger partial charge in [0.2, 0.25) is 0 Å². The summed E-state index contributed by atoms with van der Waals surface area (Å²) < 4.78 is 17.0. The summed E-state index contributed by atoms with van der Waals surface area (Å²) in [6.45, 7) is 0. The first-order chi connectivity index (χ1) is 25.6. The van der Waals surface area contributed by atoms with Gasteiger partial charge in [0.05, 0.1) is 21.3 Å². The van der Waals surface area contributed by atoms with E-state index in [1.54, 1.807) is 21.3 Å². The number of hydrogen-bond acceptors (Lipinski definition) is 3. The predicted molar refractivity (Wildman–Crippen MR) is 225 cm³/mol. The minimum absolute atomic E-state index is 0.339. The Morgan fingerprint density at radius 3 is 1.02 bits per heavy atom. The third kappa shape index (κ3) is 7.40. The highest BCUT2D eigenvalue weighted by Gasteiger charge is 2.40. The Balaban J connectivity index is 0.000000179. The van der Waals surface area contributed by atoms with Crippen LogP contribution in [0.25, 0.3) is 0 Å². The highest BCUT2D eigenvalue weighted by molar-refractivity contribution is 7.20. The standard InChI is InChI=1S/C24H20B.C23H25O3P/c1-5-13-21(14-6-1)25(22-15-7-2-8-16-22,23-17-9-3-10-18-23)24-19-11-4-12-20-24;1-24-20-13-7-4-10-17(20)16-23(27,18-11-5-8-14-21(18)25-2)19-12-6-9-15-22(19)26-3/h1-20H;4-15H,16,27H2,1-3H3/q-1;/p+1. The molecule has 0 bridgehead atoms. The number of methoxy groups -OCH3 is 3. The lowest BCUT2D eigenvalue weighted by atomic mass is 9.13. The highest BCUT2D eigenvalue weighted by Crippen LogP contribution is 2.49. The topological polar surface area (TPSA) is 27.7 Å². The van der Waals surface area contributed by atoms with Crippen LogP contribution in [0.5, 0.6) is 17.2 Å². The van der Waals surface area contributed by atoms with Gasteiger partial charge in [-0.2, -0.15) is 21.9 Å². The average molecular weight is 701 g/mol. The monoisotopic (exact) mass is 700 g/mol. The Kier molecular flexibility index (Phi) is 11.9. The number of ether oxygens (including phenoxy) is 3. The van der Waals surface area contributed by atoms with Gasteiger partial charge in [0.15, 0.2) is 0 Å². The van der Waals surface area contributed by atoms with Gasteiger partial charge >= 0.3 is 0 Å². The SMILES string of the molecule is COc1ccccc1CC([PH3+])(c1ccccc1OC)c1ccccc1OC.c1ccc([B-](c2ccccc2)(c2ccccc2)c2ccccc2)cc1. The van der Waals surface area contributed by atoms with E-state index in [2.05, 4.69) is 152 Å². The molecular formula is C47H46BO3P. The lowest BCUT2D eigenvalue weighted by molar-refractivity contribution is 0.392. The maximum absolute atomic E-state index is 5.71. The van der Waals surface area contributed by atoms with E-state index >= 15 is 0 Å². The van der Waals surface area contributed by atoms with Crippen LogP contribution in [0.2, 0.25) is 0 Å². The van der Waals surface area contributed by atoms with Crippen LogP contribution in [-0.2, 0) is 11.6 Å². The van der Waals surface area contributed by atoms with Crippen LogP contribution in [0.3, 0.4) is 0 Å². The molecule has 0 spiro atoms. The van der Waals surface area contributed by atoms with Crippen molar-refractivity contribution >= 4 is 37.2 Å². The van der Waals surface area contributed by atoms with Gasteiger partial charge in [-0.1, -0.05) is 176 Å². The lowest BCUT2D eigenvalue weighted by Crippen LogP contribution is -2.74. The van der Waals surface area contributed by atoms with E-state index in [0.717, 1.165) is 40.4 Å². The summed E-state index contributed by atoms with van der Waals surface area (Å²) in [6, 6.07) is 68.1. The summed E-state index contributed by atoms with van der Waals surface area (Å²) >= 11 is 0. The van der Waals surface area contributed by atoms with Crippen molar-refractivity contribution in [3.63, 3.8) is 0 Å². The van der Waals surface area contributed by atoms with Crippen LogP contribution >= 0.6 is 9.24 Å². The third-order valence-corrected chi connectivity index (χ3v) is 11.1. The zero-order valence-corrected chi connectivity index (χ0v) is 31.6. The average Bonchev–Trinajstić information content (AvgIpc) is 3.23. The van der Waals surface area contributed by atoms with Crippen molar-refractivity contribution in [2.45, 2.75) is 11.6 Å². The molecule has 7 aromatic carbocycles. The Morgan fingerprint density at radius 1 is 0.385 bits per heavy atom. The van der Waals surface area contributed by atoms with Crippen molar-refractivity contribution in [2.24, 2.45) is 0 Å². The van der Waals surface area contributed by atoms with E-state index < -0.39 is 6.15 Å². The molecule has 7 aromatic rings. The molecule has 0 aliphatic carbocycles. The molecule has 0 aliphatic rings. The van der Waals surface area contributed by atoms with Gasteiger partial charge < -0.3 is 14.2 Å². The zero-order valence-electron chi connectivity index (χ0n) is 30.2. The zero-order chi connectivity index (χ0) is 36.2. The normalized spacial score (nSPS) is 11.2. The van der Waals surface area contributed by atoms with E-state index in [9.17, 15) is 0 Å². The molecule has 1 atom stereocenters. The fourth-order valence-electron chi connectivity index (χ4n) is 7.71. The number of benzene rings is 7. The molecule has 0 fully saturated rings. The minimum Gasteiger partial charge on any atom is -0.496 e. The molecule has 52 heavy (non-hydrogen) atoms. The molecule has 0 saturated carbocycles. The summed E-state index contributed by atoms with van der Waals surface area (Å²) in [5, 5.41) is -0.339. The van der Waals surface area contributed by atoms with Gasteiger partial charge in [0, 0.05) is 17.5 Å². The van der Waals surface area contributed by atoms with Crippen molar-refractivity contribution in [3.05, 3.63) is 211 Å². The first-order valence-corrected chi connectivity index (χ1v) is 18.4. The molecule has 0 amide bonds. The molecule has 3 nitrogen and oxygen atoms in total. The molecule has 0 heterocycles. The van der Waals surface area contributed by atoms with E-state index in [0.29, 0.717) is 0 Å². The largest absolute Gasteiger partial charge is 0.496 e. The summed E-state index contributed by atoms with van der Waals surface area (Å²) in [5.41, 5.74) is 8.75. The smallest absolute Gasteiger partial charge is 0.134 e. The molecule has 0 aromatic heterocycles. The van der Waals surface area contributed by atoms with Crippen molar-refractivity contribution in [3.8, 4) is 17.2 Å². The minimum atomic E-state index is -1.22. The van der Waals surface area contributed by atoms with Crippen LogP contribution < -0.4 is 36.1 Å². The van der Waals surface area contributed by atoms with Crippen molar-refractivity contribution in [1.29, 1.82) is 0 Å². The molecule has 0 saturated heterocycles. The molecule has 0 N–H and O–H groups in total. The number of para-hydroxylation sites is 3. The Morgan fingerprint density at radius 2 is 0.673 bits per heavy atom. The van der Waals surface area contributed by atoms with Crippen LogP contribution in [-0.4, -0.2) is 27.5 Å². The highest BCUT2D eigenvalue weighted by atomic mass is 31.0. The molecule has 260 valence electrons. The molecule has 0 radical (unpaired) electrons. The fraction of sp³-hybridized carbons (Fsp3) is 0.106. The van der Waals surface area contributed by atoms with E-state index in [1.165, 1.54) is 21.9 Å². The molecule has 1 unspecified atom stereocenters. The predicted octanol–water partition coefficient (Wildman–Crippen LogP) is 7.87. The van der Waals surface area contributed by atoms with Gasteiger partial charge in [-0.3, -0.25) is 0 Å². The van der Waals surface area contributed by atoms with E-state index in [1.807, 2.05) is 51.7 Å². The van der Waals surface area contributed by atoms with Gasteiger partial charge in [-0.25, -0.2) is 0 Å². The van der Waals surface area contributed by atoms with Crippen LogP contribution in [0.15, 0.2) is 194 Å². The lowest BCUT2D eigenvalue weighted by Gasteiger charge is -2.44. The maximum Gasteiger partial charge on any atom is 0.134 e. The van der Waals surface area contributed by atoms with Gasteiger partial charge in [0.1, 0.15) is 28.6 Å². The Bertz CT molecular complexity index is 1930. The van der Waals surface area contributed by atoms with E-state index in [4.69, 9.17) is 14.2 Å². The Labute approximate surface area is 311 Å². The summed E-state index contributed by atoms with van der Waals surface area (Å²) in [5.74, 6) is 2.62. The van der Waals surface area contributed by atoms with Crippen LogP contribution in [0.1, 0.15) is 16.7 Å². The molecule has 5 heteroatoms. The molecular weight excluding hydrogens is 654 g/mol.